The molecule has 0 bridgehead atoms. The normalized spacial score (nSPS) is 15.1. The van der Waals surface area contributed by atoms with Gasteiger partial charge in [0.05, 0.1) is 16.8 Å². The van der Waals surface area contributed by atoms with Crippen molar-refractivity contribution in [3.63, 3.8) is 0 Å². The van der Waals surface area contributed by atoms with Gasteiger partial charge in [-0.15, -0.1) is 0 Å². The van der Waals surface area contributed by atoms with Crippen LogP contribution in [-0.4, -0.2) is 28.7 Å². The lowest BCUT2D eigenvalue weighted by molar-refractivity contribution is -0.134. The molecule has 2 aromatic carbocycles. The standard InChI is InChI=1S/C19H14N2O2/c1-21-18(22)16(17(19(21)23)15-10-5-11-20-15)14-9-4-7-12-6-2-3-8-13(12)14/h2-11,20H,1H3. The number of benzene rings is 2. The molecule has 4 heteroatoms. The molecule has 23 heavy (non-hydrogen) atoms. The molecule has 0 spiro atoms. The Balaban J connectivity index is 2.07. The Kier molecular flexibility index (Phi) is 2.91. The van der Waals surface area contributed by atoms with Crippen LogP contribution in [0.25, 0.3) is 21.9 Å². The molecule has 0 unspecified atom stereocenters. The van der Waals surface area contributed by atoms with Crippen molar-refractivity contribution in [2.45, 2.75) is 0 Å². The van der Waals surface area contributed by atoms with Crippen LogP contribution < -0.4 is 0 Å². The van der Waals surface area contributed by atoms with Crippen molar-refractivity contribution in [2.24, 2.45) is 0 Å². The number of hydrogen-bond acceptors (Lipinski definition) is 2. The molecule has 1 N–H and O–H groups in total. The average molecular weight is 302 g/mol. The van der Waals surface area contributed by atoms with Crippen molar-refractivity contribution in [3.8, 4) is 0 Å². The maximum absolute atomic E-state index is 12.7. The highest BCUT2D eigenvalue weighted by Gasteiger charge is 2.38. The molecule has 4 nitrogen and oxygen atoms in total. The summed E-state index contributed by atoms with van der Waals surface area (Å²) in [7, 11) is 1.52. The average Bonchev–Trinajstić information content (AvgIpc) is 3.17. The lowest BCUT2D eigenvalue weighted by atomic mass is 9.94. The monoisotopic (exact) mass is 302 g/mol. The highest BCUT2D eigenvalue weighted by molar-refractivity contribution is 6.49. The minimum Gasteiger partial charge on any atom is -0.361 e. The largest absolute Gasteiger partial charge is 0.361 e. The van der Waals surface area contributed by atoms with Gasteiger partial charge in [0.2, 0.25) is 0 Å². The van der Waals surface area contributed by atoms with Crippen molar-refractivity contribution in [3.05, 3.63) is 72.1 Å². The molecule has 2 amide bonds. The second kappa shape index (κ2) is 4.95. The van der Waals surface area contributed by atoms with Gasteiger partial charge in [-0.05, 0) is 28.5 Å². The second-order valence-corrected chi connectivity index (χ2v) is 5.53. The molecule has 0 fully saturated rings. The number of aromatic amines is 1. The Morgan fingerprint density at radius 1 is 0.826 bits per heavy atom. The summed E-state index contributed by atoms with van der Waals surface area (Å²) in [5, 5.41) is 2.00. The number of hydrogen-bond donors (Lipinski definition) is 1. The minimum atomic E-state index is -0.277. The molecule has 3 aromatic rings. The second-order valence-electron chi connectivity index (χ2n) is 5.53. The Bertz CT molecular complexity index is 963. The van der Waals surface area contributed by atoms with E-state index in [1.165, 1.54) is 11.9 Å². The number of nitrogens with one attached hydrogen (secondary N) is 1. The van der Waals surface area contributed by atoms with Crippen LogP contribution in [0.1, 0.15) is 11.3 Å². The first-order chi connectivity index (χ1) is 11.2. The molecular weight excluding hydrogens is 288 g/mol. The zero-order valence-electron chi connectivity index (χ0n) is 12.5. The summed E-state index contributed by atoms with van der Waals surface area (Å²) in [6, 6.07) is 17.3. The van der Waals surface area contributed by atoms with Gasteiger partial charge in [-0.2, -0.15) is 0 Å². The fourth-order valence-electron chi connectivity index (χ4n) is 3.07. The van der Waals surface area contributed by atoms with E-state index in [-0.39, 0.29) is 11.8 Å². The number of carbonyl (C=O) groups is 2. The number of H-pyrrole nitrogens is 1. The zero-order valence-corrected chi connectivity index (χ0v) is 12.5. The van der Waals surface area contributed by atoms with Crippen LogP contribution in [0.3, 0.4) is 0 Å². The van der Waals surface area contributed by atoms with E-state index in [2.05, 4.69) is 4.98 Å². The van der Waals surface area contributed by atoms with Gasteiger partial charge in [0, 0.05) is 13.2 Å². The van der Waals surface area contributed by atoms with E-state index in [4.69, 9.17) is 0 Å². The number of carbonyl (C=O) groups excluding carboxylic acids is 2. The number of amides is 2. The van der Waals surface area contributed by atoms with E-state index < -0.39 is 0 Å². The van der Waals surface area contributed by atoms with E-state index in [1.54, 1.807) is 6.20 Å². The molecule has 1 aliphatic heterocycles. The Labute approximate surface area is 133 Å². The van der Waals surface area contributed by atoms with Crippen LogP contribution in [0.4, 0.5) is 0 Å². The quantitative estimate of drug-likeness (QED) is 0.740. The summed E-state index contributed by atoms with van der Waals surface area (Å²) in [6.07, 6.45) is 1.75. The fourth-order valence-corrected chi connectivity index (χ4v) is 3.07. The van der Waals surface area contributed by atoms with Gasteiger partial charge in [-0.25, -0.2) is 0 Å². The van der Waals surface area contributed by atoms with Crippen molar-refractivity contribution in [2.75, 3.05) is 7.05 Å². The first-order valence-electron chi connectivity index (χ1n) is 7.37. The number of aromatic nitrogens is 1. The Morgan fingerprint density at radius 3 is 2.35 bits per heavy atom. The maximum atomic E-state index is 12.7. The third kappa shape index (κ3) is 1.92. The summed E-state index contributed by atoms with van der Waals surface area (Å²) in [5.41, 5.74) is 2.33. The van der Waals surface area contributed by atoms with E-state index >= 15 is 0 Å². The molecule has 4 rings (SSSR count). The van der Waals surface area contributed by atoms with Gasteiger partial charge in [-0.1, -0.05) is 42.5 Å². The molecule has 0 atom stereocenters. The molecule has 112 valence electrons. The Morgan fingerprint density at radius 2 is 1.57 bits per heavy atom. The van der Waals surface area contributed by atoms with E-state index in [0.717, 1.165) is 16.3 Å². The van der Waals surface area contributed by atoms with Gasteiger partial charge >= 0.3 is 0 Å². The van der Waals surface area contributed by atoms with Gasteiger partial charge < -0.3 is 4.98 Å². The summed E-state index contributed by atoms with van der Waals surface area (Å²) < 4.78 is 0. The number of likely N-dealkylation sites (N-methyl/N-ethyl adjacent to an activating group) is 1. The zero-order chi connectivity index (χ0) is 16.0. The molecule has 0 saturated carbocycles. The third-order valence-electron chi connectivity index (χ3n) is 4.21. The van der Waals surface area contributed by atoms with Gasteiger partial charge in [-0.3, -0.25) is 14.5 Å². The number of imide groups is 1. The fraction of sp³-hybridized carbons (Fsp3) is 0.0526. The van der Waals surface area contributed by atoms with Gasteiger partial charge in [0.15, 0.2) is 0 Å². The van der Waals surface area contributed by atoms with Crippen molar-refractivity contribution in [1.82, 2.24) is 9.88 Å². The molecule has 2 heterocycles. The van der Waals surface area contributed by atoms with Gasteiger partial charge in [0.25, 0.3) is 11.8 Å². The first-order valence-corrected chi connectivity index (χ1v) is 7.37. The smallest absolute Gasteiger partial charge is 0.263 e. The molecule has 1 aromatic heterocycles. The van der Waals surface area contributed by atoms with Crippen LogP contribution in [0, 0.1) is 0 Å². The van der Waals surface area contributed by atoms with E-state index in [9.17, 15) is 9.59 Å². The molecule has 0 aliphatic carbocycles. The summed E-state index contributed by atoms with van der Waals surface area (Å²) in [5.74, 6) is -0.545. The topological polar surface area (TPSA) is 53.2 Å². The number of rotatable bonds is 2. The van der Waals surface area contributed by atoms with Crippen LogP contribution in [0.5, 0.6) is 0 Å². The van der Waals surface area contributed by atoms with Crippen LogP contribution >= 0.6 is 0 Å². The SMILES string of the molecule is CN1C(=O)C(c2ccc[nH]2)=C(c2cccc3ccccc23)C1=O. The van der Waals surface area contributed by atoms with Gasteiger partial charge in [0.1, 0.15) is 0 Å². The molecule has 1 aliphatic rings. The van der Waals surface area contributed by atoms with Crippen LogP contribution in [-0.2, 0) is 9.59 Å². The lowest BCUT2D eigenvalue weighted by Gasteiger charge is -2.09. The molecular formula is C19H14N2O2. The van der Waals surface area contributed by atoms with Crippen molar-refractivity contribution < 1.29 is 9.59 Å². The number of fused-ring (bicyclic) bond motifs is 1. The summed E-state index contributed by atoms with van der Waals surface area (Å²) in [4.78, 5) is 29.5. The van der Waals surface area contributed by atoms with E-state index in [0.29, 0.717) is 16.8 Å². The third-order valence-corrected chi connectivity index (χ3v) is 4.21. The highest BCUT2D eigenvalue weighted by atomic mass is 16.2. The predicted molar refractivity (Wildman–Crippen MR) is 89.3 cm³/mol. The summed E-state index contributed by atoms with van der Waals surface area (Å²) >= 11 is 0. The van der Waals surface area contributed by atoms with E-state index in [1.807, 2.05) is 54.6 Å². The molecule has 0 radical (unpaired) electrons. The number of nitrogens with zero attached hydrogens (tertiary/aromatic N) is 1. The maximum Gasteiger partial charge on any atom is 0.263 e. The van der Waals surface area contributed by atoms with Crippen LogP contribution in [0.15, 0.2) is 60.8 Å². The Hall–Kier alpha value is -3.14. The van der Waals surface area contributed by atoms with Crippen LogP contribution in [0.2, 0.25) is 0 Å². The first kappa shape index (κ1) is 13.5. The molecule has 0 saturated heterocycles. The van der Waals surface area contributed by atoms with Crippen molar-refractivity contribution >= 4 is 33.7 Å². The van der Waals surface area contributed by atoms with Crippen molar-refractivity contribution in [1.29, 1.82) is 0 Å². The lowest BCUT2D eigenvalue weighted by Crippen LogP contribution is -2.26. The predicted octanol–water partition coefficient (Wildman–Crippen LogP) is 3.08. The minimum absolute atomic E-state index is 0.268. The highest BCUT2D eigenvalue weighted by Crippen LogP contribution is 2.37. The summed E-state index contributed by atoms with van der Waals surface area (Å²) in [6.45, 7) is 0.